The zero-order valence-electron chi connectivity index (χ0n) is 10.7. The maximum atomic E-state index is 5.49. The van der Waals surface area contributed by atoms with Crippen molar-refractivity contribution in [1.82, 2.24) is 5.01 Å². The molecule has 96 valence electrons. The van der Waals surface area contributed by atoms with Gasteiger partial charge in [0.1, 0.15) is 0 Å². The highest BCUT2D eigenvalue weighted by atomic mass is 16.6. The Morgan fingerprint density at radius 3 is 2.61 bits per heavy atom. The second kappa shape index (κ2) is 5.11. The van der Waals surface area contributed by atoms with Crippen LogP contribution in [0.1, 0.15) is 24.8 Å². The van der Waals surface area contributed by atoms with Crippen molar-refractivity contribution in [3.63, 3.8) is 0 Å². The Morgan fingerprint density at radius 2 is 1.94 bits per heavy atom. The number of piperidine rings is 1. The van der Waals surface area contributed by atoms with E-state index in [0.29, 0.717) is 0 Å². The summed E-state index contributed by atoms with van der Waals surface area (Å²) in [6, 6.07) is 10.6. The van der Waals surface area contributed by atoms with E-state index in [9.17, 15) is 0 Å². The smallest absolute Gasteiger partial charge is 0.0951 e. The molecule has 1 aromatic rings. The molecule has 1 spiro atoms. The summed E-state index contributed by atoms with van der Waals surface area (Å²) in [5.74, 6) is 0. The van der Waals surface area contributed by atoms with Crippen molar-refractivity contribution in [2.24, 2.45) is 5.10 Å². The summed E-state index contributed by atoms with van der Waals surface area (Å²) in [5.41, 5.74) is 1.64. The molecule has 2 fully saturated rings. The zero-order chi connectivity index (χ0) is 12.3. The van der Waals surface area contributed by atoms with Gasteiger partial charge in [-0.25, -0.2) is 0 Å². The molecular formula is C15H20N2O. The minimum absolute atomic E-state index is 0.260. The molecule has 0 aliphatic carbocycles. The number of hydrogen-bond donors (Lipinski definition) is 0. The monoisotopic (exact) mass is 244 g/mol. The predicted molar refractivity (Wildman–Crippen MR) is 72.7 cm³/mol. The average Bonchev–Trinajstić information content (AvgIpc) is 3.18. The third-order valence-electron chi connectivity index (χ3n) is 3.85. The minimum Gasteiger partial charge on any atom is -0.369 e. The summed E-state index contributed by atoms with van der Waals surface area (Å²) in [6.45, 7) is 3.06. The number of benzene rings is 1. The third kappa shape index (κ3) is 2.91. The van der Waals surface area contributed by atoms with Crippen molar-refractivity contribution >= 4 is 6.21 Å². The maximum absolute atomic E-state index is 5.49. The first-order valence-corrected chi connectivity index (χ1v) is 6.82. The molecule has 2 heterocycles. The van der Waals surface area contributed by atoms with Gasteiger partial charge in [-0.3, -0.25) is 5.01 Å². The highest BCUT2D eigenvalue weighted by Crippen LogP contribution is 2.37. The summed E-state index contributed by atoms with van der Waals surface area (Å²) in [4.78, 5) is 0. The molecule has 18 heavy (non-hydrogen) atoms. The molecule has 3 rings (SSSR count). The van der Waals surface area contributed by atoms with Crippen molar-refractivity contribution in [1.29, 1.82) is 0 Å². The topological polar surface area (TPSA) is 28.1 Å². The normalized spacial score (nSPS) is 21.7. The van der Waals surface area contributed by atoms with Crippen LogP contribution >= 0.6 is 0 Å². The third-order valence-corrected chi connectivity index (χ3v) is 3.85. The summed E-state index contributed by atoms with van der Waals surface area (Å²) >= 11 is 0. The first-order chi connectivity index (χ1) is 8.86. The molecule has 0 unspecified atom stereocenters. The summed E-state index contributed by atoms with van der Waals surface area (Å²) < 4.78 is 5.49. The number of epoxide rings is 1. The Balaban J connectivity index is 1.39. The first-order valence-electron chi connectivity index (χ1n) is 6.82. The van der Waals surface area contributed by atoms with Gasteiger partial charge in [0.2, 0.25) is 0 Å². The molecule has 0 amide bonds. The Kier molecular flexibility index (Phi) is 3.33. The molecule has 0 aromatic heterocycles. The van der Waals surface area contributed by atoms with Gasteiger partial charge in [-0.05, 0) is 31.2 Å². The Hall–Kier alpha value is -1.35. The fourth-order valence-corrected chi connectivity index (χ4v) is 2.46. The van der Waals surface area contributed by atoms with E-state index in [1.807, 2.05) is 0 Å². The average molecular weight is 244 g/mol. The lowest BCUT2D eigenvalue weighted by atomic mass is 9.99. The molecular weight excluding hydrogens is 224 g/mol. The lowest BCUT2D eigenvalue weighted by molar-refractivity contribution is 0.151. The largest absolute Gasteiger partial charge is 0.369 e. The van der Waals surface area contributed by atoms with Gasteiger partial charge in [0.15, 0.2) is 0 Å². The molecule has 0 saturated carbocycles. The van der Waals surface area contributed by atoms with E-state index < -0.39 is 0 Å². The number of aryl methyl sites for hydroxylation is 1. The number of nitrogens with zero attached hydrogens (tertiary/aromatic N) is 2. The molecule has 0 bridgehead atoms. The van der Waals surface area contributed by atoms with Crippen LogP contribution in [0.15, 0.2) is 35.4 Å². The maximum Gasteiger partial charge on any atom is 0.0951 e. The van der Waals surface area contributed by atoms with Crippen LogP contribution in [0.5, 0.6) is 0 Å². The summed E-state index contributed by atoms with van der Waals surface area (Å²) in [7, 11) is 0. The van der Waals surface area contributed by atoms with Gasteiger partial charge in [0.05, 0.1) is 12.2 Å². The molecule has 2 aliphatic rings. The number of hydrazone groups is 1. The molecule has 2 aliphatic heterocycles. The van der Waals surface area contributed by atoms with Crippen molar-refractivity contribution in [2.45, 2.75) is 31.3 Å². The Morgan fingerprint density at radius 1 is 1.22 bits per heavy atom. The quantitative estimate of drug-likeness (QED) is 0.601. The zero-order valence-corrected chi connectivity index (χ0v) is 10.7. The Labute approximate surface area is 108 Å². The van der Waals surface area contributed by atoms with Gasteiger partial charge in [-0.15, -0.1) is 0 Å². The van der Waals surface area contributed by atoms with Gasteiger partial charge in [-0.2, -0.15) is 5.10 Å². The number of rotatable bonds is 4. The predicted octanol–water partition coefficient (Wildman–Crippen LogP) is 2.47. The van der Waals surface area contributed by atoms with Crippen molar-refractivity contribution in [3.8, 4) is 0 Å². The van der Waals surface area contributed by atoms with E-state index in [2.05, 4.69) is 46.7 Å². The summed E-state index contributed by atoms with van der Waals surface area (Å²) in [5, 5.41) is 6.72. The number of ether oxygens (including phenoxy) is 1. The lowest BCUT2D eigenvalue weighted by Gasteiger charge is -2.27. The number of hydrogen-bond acceptors (Lipinski definition) is 3. The lowest BCUT2D eigenvalue weighted by Crippen LogP contribution is -2.34. The van der Waals surface area contributed by atoms with Crippen LogP contribution < -0.4 is 0 Å². The van der Waals surface area contributed by atoms with Crippen LogP contribution in [0, 0.1) is 0 Å². The summed E-state index contributed by atoms with van der Waals surface area (Å²) in [6.07, 6.45) is 6.43. The van der Waals surface area contributed by atoms with E-state index in [-0.39, 0.29) is 5.60 Å². The van der Waals surface area contributed by atoms with Crippen LogP contribution in [0.4, 0.5) is 0 Å². The van der Waals surface area contributed by atoms with E-state index in [0.717, 1.165) is 45.4 Å². The van der Waals surface area contributed by atoms with Gasteiger partial charge in [0.25, 0.3) is 0 Å². The highest BCUT2D eigenvalue weighted by Gasteiger charge is 2.46. The molecule has 3 nitrogen and oxygen atoms in total. The Bertz CT molecular complexity index is 402. The van der Waals surface area contributed by atoms with E-state index >= 15 is 0 Å². The van der Waals surface area contributed by atoms with Crippen LogP contribution in [0.3, 0.4) is 0 Å². The van der Waals surface area contributed by atoms with E-state index in [1.54, 1.807) is 0 Å². The molecule has 0 atom stereocenters. The SMILES string of the molecule is C(/CCc1ccccc1)=N\N1CCC2(CC1)CO2. The fourth-order valence-electron chi connectivity index (χ4n) is 2.46. The van der Waals surface area contributed by atoms with Gasteiger partial charge >= 0.3 is 0 Å². The van der Waals surface area contributed by atoms with Crippen LogP contribution in [0.2, 0.25) is 0 Å². The highest BCUT2D eigenvalue weighted by molar-refractivity contribution is 5.57. The van der Waals surface area contributed by atoms with Crippen LogP contribution in [-0.4, -0.2) is 36.5 Å². The van der Waals surface area contributed by atoms with E-state index in [1.165, 1.54) is 5.56 Å². The van der Waals surface area contributed by atoms with Crippen molar-refractivity contribution in [2.75, 3.05) is 19.7 Å². The minimum atomic E-state index is 0.260. The second-order valence-corrected chi connectivity index (χ2v) is 5.25. The first kappa shape index (κ1) is 11.7. The van der Waals surface area contributed by atoms with Crippen LogP contribution in [-0.2, 0) is 11.2 Å². The van der Waals surface area contributed by atoms with Crippen LogP contribution in [0.25, 0.3) is 0 Å². The fraction of sp³-hybridized carbons (Fsp3) is 0.533. The van der Waals surface area contributed by atoms with E-state index in [4.69, 9.17) is 4.74 Å². The molecule has 0 N–H and O–H groups in total. The molecule has 2 saturated heterocycles. The van der Waals surface area contributed by atoms with Gasteiger partial charge < -0.3 is 4.74 Å². The molecule has 3 heteroatoms. The molecule has 0 radical (unpaired) electrons. The molecule has 1 aromatic carbocycles. The standard InChI is InChI=1S/C15H20N2O/c1-2-5-14(6-3-1)7-4-10-16-17-11-8-15(9-12-17)13-18-15/h1-3,5-6,10H,4,7-9,11-13H2/b16-10+. The van der Waals surface area contributed by atoms with Gasteiger partial charge in [-0.1, -0.05) is 30.3 Å². The second-order valence-electron chi connectivity index (χ2n) is 5.25. The van der Waals surface area contributed by atoms with Gasteiger partial charge in [0, 0.05) is 19.3 Å². The van der Waals surface area contributed by atoms with Crippen molar-refractivity contribution in [3.05, 3.63) is 35.9 Å². The van der Waals surface area contributed by atoms with Crippen molar-refractivity contribution < 1.29 is 4.74 Å².